The topological polar surface area (TPSA) is 56.0 Å². The fourth-order valence-corrected chi connectivity index (χ4v) is 2.69. The van der Waals surface area contributed by atoms with Crippen LogP contribution >= 0.6 is 11.6 Å². The van der Waals surface area contributed by atoms with Crippen molar-refractivity contribution in [3.05, 3.63) is 34.4 Å². The molecule has 0 aliphatic carbocycles. The van der Waals surface area contributed by atoms with E-state index in [1.165, 1.54) is 0 Å². The van der Waals surface area contributed by atoms with Gasteiger partial charge in [0.2, 0.25) is 5.91 Å². The zero-order valence-electron chi connectivity index (χ0n) is 13.7. The minimum atomic E-state index is -0.168. The zero-order valence-corrected chi connectivity index (χ0v) is 14.4. The molecule has 0 N–H and O–H groups in total. The normalized spacial score (nSPS) is 12.5. The number of amides is 1. The van der Waals surface area contributed by atoms with E-state index in [-0.39, 0.29) is 11.8 Å². The third-order valence-corrected chi connectivity index (χ3v) is 4.11. The first-order valence-electron chi connectivity index (χ1n) is 7.21. The Morgan fingerprint density at radius 1 is 1.45 bits per heavy atom. The highest BCUT2D eigenvalue weighted by Gasteiger charge is 2.21. The summed E-state index contributed by atoms with van der Waals surface area (Å²) in [5.41, 5.74) is 3.16. The van der Waals surface area contributed by atoms with Crippen LogP contribution in [0.3, 0.4) is 0 Å². The average Bonchev–Trinajstić information content (AvgIpc) is 2.96. The largest absolute Gasteiger partial charge is 0.341 e. The fourth-order valence-electron chi connectivity index (χ4n) is 2.53. The molecule has 1 amide bonds. The second-order valence-corrected chi connectivity index (χ2v) is 6.19. The summed E-state index contributed by atoms with van der Waals surface area (Å²) in [5.74, 6) is -0.0903. The van der Waals surface area contributed by atoms with Crippen molar-refractivity contribution in [2.24, 2.45) is 13.0 Å². The van der Waals surface area contributed by atoms with Crippen molar-refractivity contribution in [3.63, 3.8) is 0 Å². The SMILES string of the molecule is Cc1nn(C)c(C)c1CN(C)C(=O)C(C)Cn1cc(Cl)cn1. The quantitative estimate of drug-likeness (QED) is 0.847. The van der Waals surface area contributed by atoms with Gasteiger partial charge in [0, 0.05) is 38.1 Å². The molecule has 22 heavy (non-hydrogen) atoms. The first-order chi connectivity index (χ1) is 10.3. The molecule has 0 spiro atoms. The van der Waals surface area contributed by atoms with Crippen LogP contribution in [0.2, 0.25) is 5.02 Å². The van der Waals surface area contributed by atoms with E-state index >= 15 is 0 Å². The number of carbonyl (C=O) groups is 1. The highest BCUT2D eigenvalue weighted by molar-refractivity contribution is 6.30. The molecule has 2 aromatic rings. The summed E-state index contributed by atoms with van der Waals surface area (Å²) >= 11 is 5.84. The smallest absolute Gasteiger partial charge is 0.227 e. The number of aryl methyl sites for hydroxylation is 2. The lowest BCUT2D eigenvalue weighted by atomic mass is 10.1. The Hall–Kier alpha value is -1.82. The maximum Gasteiger partial charge on any atom is 0.227 e. The molecule has 0 saturated heterocycles. The number of hydrogen-bond acceptors (Lipinski definition) is 3. The van der Waals surface area contributed by atoms with Crippen LogP contribution in [0.25, 0.3) is 0 Å². The van der Waals surface area contributed by atoms with Crippen molar-refractivity contribution in [3.8, 4) is 0 Å². The first kappa shape index (κ1) is 16.5. The van der Waals surface area contributed by atoms with E-state index in [1.54, 1.807) is 22.0 Å². The Kier molecular flexibility index (Phi) is 4.90. The number of rotatable bonds is 5. The summed E-state index contributed by atoms with van der Waals surface area (Å²) in [4.78, 5) is 14.3. The van der Waals surface area contributed by atoms with Crippen molar-refractivity contribution in [2.45, 2.75) is 33.9 Å². The van der Waals surface area contributed by atoms with Gasteiger partial charge in [-0.15, -0.1) is 0 Å². The van der Waals surface area contributed by atoms with Crippen molar-refractivity contribution < 1.29 is 4.79 Å². The molecule has 120 valence electrons. The Balaban J connectivity index is 2.02. The summed E-state index contributed by atoms with van der Waals surface area (Å²) in [6.07, 6.45) is 3.30. The van der Waals surface area contributed by atoms with E-state index in [2.05, 4.69) is 10.2 Å². The van der Waals surface area contributed by atoms with Gasteiger partial charge < -0.3 is 4.90 Å². The van der Waals surface area contributed by atoms with Crippen LogP contribution < -0.4 is 0 Å². The fraction of sp³-hybridized carbons (Fsp3) is 0.533. The summed E-state index contributed by atoms with van der Waals surface area (Å²) in [6, 6.07) is 0. The van der Waals surface area contributed by atoms with E-state index in [4.69, 9.17) is 11.6 Å². The molecular weight excluding hydrogens is 302 g/mol. The summed E-state index contributed by atoms with van der Waals surface area (Å²) in [6.45, 7) is 6.96. The predicted molar refractivity (Wildman–Crippen MR) is 85.6 cm³/mol. The van der Waals surface area contributed by atoms with Gasteiger partial charge in [-0.25, -0.2) is 0 Å². The van der Waals surface area contributed by atoms with Gasteiger partial charge in [0.1, 0.15) is 0 Å². The van der Waals surface area contributed by atoms with Crippen molar-refractivity contribution in [2.75, 3.05) is 7.05 Å². The van der Waals surface area contributed by atoms with Crippen LogP contribution in [-0.2, 0) is 24.9 Å². The molecule has 2 aromatic heterocycles. The number of carbonyl (C=O) groups excluding carboxylic acids is 1. The number of hydrogen-bond donors (Lipinski definition) is 0. The third-order valence-electron chi connectivity index (χ3n) is 3.91. The van der Waals surface area contributed by atoms with Gasteiger partial charge in [0.25, 0.3) is 0 Å². The second-order valence-electron chi connectivity index (χ2n) is 5.75. The molecule has 0 aliphatic rings. The van der Waals surface area contributed by atoms with Crippen LogP contribution in [0.15, 0.2) is 12.4 Å². The third kappa shape index (κ3) is 3.50. The molecule has 1 atom stereocenters. The lowest BCUT2D eigenvalue weighted by molar-refractivity contribution is -0.134. The Labute approximate surface area is 135 Å². The second kappa shape index (κ2) is 6.52. The average molecular weight is 324 g/mol. The number of aromatic nitrogens is 4. The lowest BCUT2D eigenvalue weighted by Gasteiger charge is -2.21. The Morgan fingerprint density at radius 3 is 2.64 bits per heavy atom. The van der Waals surface area contributed by atoms with Crippen LogP contribution in [-0.4, -0.2) is 37.4 Å². The van der Waals surface area contributed by atoms with Gasteiger partial charge in [0.05, 0.1) is 29.4 Å². The minimum Gasteiger partial charge on any atom is -0.341 e. The van der Waals surface area contributed by atoms with Gasteiger partial charge in [-0.1, -0.05) is 18.5 Å². The molecule has 0 aliphatic heterocycles. The zero-order chi connectivity index (χ0) is 16.4. The van der Waals surface area contributed by atoms with Gasteiger partial charge >= 0.3 is 0 Å². The molecule has 0 aromatic carbocycles. The van der Waals surface area contributed by atoms with E-state index in [9.17, 15) is 4.79 Å². The molecule has 2 rings (SSSR count). The van der Waals surface area contributed by atoms with Crippen LogP contribution in [0.5, 0.6) is 0 Å². The molecule has 2 heterocycles. The van der Waals surface area contributed by atoms with E-state index in [0.717, 1.165) is 17.0 Å². The first-order valence-corrected chi connectivity index (χ1v) is 7.59. The summed E-state index contributed by atoms with van der Waals surface area (Å²) < 4.78 is 3.54. The van der Waals surface area contributed by atoms with Gasteiger partial charge in [-0.05, 0) is 13.8 Å². The van der Waals surface area contributed by atoms with E-state index < -0.39 is 0 Å². The number of nitrogens with zero attached hydrogens (tertiary/aromatic N) is 5. The van der Waals surface area contributed by atoms with Crippen LogP contribution in [0.4, 0.5) is 0 Å². The molecule has 0 fully saturated rings. The molecule has 0 radical (unpaired) electrons. The molecule has 0 bridgehead atoms. The molecule has 7 heteroatoms. The molecular formula is C15H22ClN5O. The number of halogens is 1. The van der Waals surface area contributed by atoms with E-state index in [0.29, 0.717) is 18.1 Å². The van der Waals surface area contributed by atoms with Gasteiger partial charge in [-0.2, -0.15) is 10.2 Å². The highest BCUT2D eigenvalue weighted by Crippen LogP contribution is 2.16. The van der Waals surface area contributed by atoms with Crippen molar-refractivity contribution >= 4 is 17.5 Å². The minimum absolute atomic E-state index is 0.0780. The van der Waals surface area contributed by atoms with Gasteiger partial charge in [0.15, 0.2) is 0 Å². The van der Waals surface area contributed by atoms with Crippen LogP contribution in [0, 0.1) is 19.8 Å². The molecule has 6 nitrogen and oxygen atoms in total. The standard InChI is InChI=1S/C15H22ClN5O/c1-10(7-21-8-13(16)6-17-21)15(22)19(4)9-14-11(2)18-20(5)12(14)3/h6,8,10H,7,9H2,1-5H3. The summed E-state index contributed by atoms with van der Waals surface area (Å²) in [7, 11) is 3.73. The maximum atomic E-state index is 12.5. The Morgan fingerprint density at radius 2 is 2.14 bits per heavy atom. The van der Waals surface area contributed by atoms with Gasteiger partial charge in [-0.3, -0.25) is 14.2 Å². The van der Waals surface area contributed by atoms with Crippen LogP contribution in [0.1, 0.15) is 23.9 Å². The molecule has 1 unspecified atom stereocenters. The molecule has 0 saturated carbocycles. The van der Waals surface area contributed by atoms with Crippen molar-refractivity contribution in [1.29, 1.82) is 0 Å². The highest BCUT2D eigenvalue weighted by atomic mass is 35.5. The lowest BCUT2D eigenvalue weighted by Crippen LogP contribution is -2.33. The monoisotopic (exact) mass is 323 g/mol. The van der Waals surface area contributed by atoms with E-state index in [1.807, 2.05) is 39.5 Å². The Bertz CT molecular complexity index is 676. The van der Waals surface area contributed by atoms with Crippen molar-refractivity contribution in [1.82, 2.24) is 24.5 Å². The predicted octanol–water partition coefficient (Wildman–Crippen LogP) is 2.18. The summed E-state index contributed by atoms with van der Waals surface area (Å²) in [5, 5.41) is 9.08. The maximum absolute atomic E-state index is 12.5.